The van der Waals surface area contributed by atoms with Crippen LogP contribution in [0.15, 0.2) is 58.7 Å². The summed E-state index contributed by atoms with van der Waals surface area (Å²) in [4.78, 5) is 4.53. The number of nitrogens with one attached hydrogen (secondary N) is 2. The Balaban J connectivity index is 1.84. The van der Waals surface area contributed by atoms with Gasteiger partial charge in [0, 0.05) is 26.1 Å². The number of hydrogen-bond acceptors (Lipinski definition) is 2. The van der Waals surface area contributed by atoms with Crippen molar-refractivity contribution in [2.75, 3.05) is 19.6 Å². The van der Waals surface area contributed by atoms with Crippen molar-refractivity contribution < 1.29 is 8.81 Å². The summed E-state index contributed by atoms with van der Waals surface area (Å²) in [5, 5.41) is 6.48. The number of furan rings is 1. The van der Waals surface area contributed by atoms with E-state index in [-0.39, 0.29) is 5.82 Å². The first-order valence-electron chi connectivity index (χ1n) is 8.09. The average Bonchev–Trinajstić information content (AvgIpc) is 3.07. The summed E-state index contributed by atoms with van der Waals surface area (Å²) in [6.45, 7) is 7.62. The smallest absolute Gasteiger partial charge is 0.191 e. The third-order valence-electron chi connectivity index (χ3n) is 3.61. The molecule has 5 heteroatoms. The van der Waals surface area contributed by atoms with Crippen LogP contribution in [-0.2, 0) is 12.8 Å². The maximum atomic E-state index is 13.1. The predicted octanol–water partition coefficient (Wildman–Crippen LogP) is 3.23. The van der Waals surface area contributed by atoms with Crippen LogP contribution in [0.5, 0.6) is 0 Å². The topological polar surface area (TPSA) is 49.6 Å². The molecule has 0 radical (unpaired) electrons. The molecule has 128 valence electrons. The van der Waals surface area contributed by atoms with Crippen LogP contribution < -0.4 is 10.6 Å². The molecular weight excluding hydrogens is 305 g/mol. The van der Waals surface area contributed by atoms with Crippen LogP contribution in [0.3, 0.4) is 0 Å². The van der Waals surface area contributed by atoms with Crippen molar-refractivity contribution >= 4 is 5.96 Å². The highest BCUT2D eigenvalue weighted by Gasteiger charge is 2.02. The summed E-state index contributed by atoms with van der Waals surface area (Å²) in [7, 11) is 0. The minimum atomic E-state index is -0.197. The molecule has 1 aromatic heterocycles. The van der Waals surface area contributed by atoms with Gasteiger partial charge in [0.25, 0.3) is 0 Å². The van der Waals surface area contributed by atoms with Gasteiger partial charge in [-0.25, -0.2) is 4.39 Å². The van der Waals surface area contributed by atoms with E-state index in [1.807, 2.05) is 25.1 Å². The average molecular weight is 329 g/mol. The third-order valence-corrected chi connectivity index (χ3v) is 3.61. The number of guanidine groups is 1. The normalized spacial score (nSPS) is 11.3. The summed E-state index contributed by atoms with van der Waals surface area (Å²) in [6.07, 6.45) is 5.01. The van der Waals surface area contributed by atoms with Crippen LogP contribution in [0.1, 0.15) is 16.9 Å². The zero-order valence-electron chi connectivity index (χ0n) is 14.0. The zero-order chi connectivity index (χ0) is 17.2. The number of nitrogens with zero attached hydrogens (tertiary/aromatic N) is 1. The van der Waals surface area contributed by atoms with E-state index < -0.39 is 0 Å². The molecule has 0 atom stereocenters. The van der Waals surface area contributed by atoms with E-state index in [2.05, 4.69) is 22.2 Å². The molecule has 0 aliphatic rings. The van der Waals surface area contributed by atoms with Gasteiger partial charge in [-0.15, -0.1) is 6.58 Å². The maximum absolute atomic E-state index is 13.1. The number of aliphatic imine (C=N–C) groups is 1. The van der Waals surface area contributed by atoms with Crippen molar-refractivity contribution in [2.24, 2.45) is 4.99 Å². The van der Waals surface area contributed by atoms with Crippen molar-refractivity contribution in [3.8, 4) is 0 Å². The molecule has 4 nitrogen and oxygen atoms in total. The second-order valence-corrected chi connectivity index (χ2v) is 5.48. The molecule has 0 amide bonds. The van der Waals surface area contributed by atoms with E-state index >= 15 is 0 Å². The van der Waals surface area contributed by atoms with E-state index in [9.17, 15) is 4.39 Å². The van der Waals surface area contributed by atoms with Gasteiger partial charge in [-0.1, -0.05) is 12.1 Å². The van der Waals surface area contributed by atoms with Crippen LogP contribution in [0.4, 0.5) is 4.39 Å². The van der Waals surface area contributed by atoms with Crippen molar-refractivity contribution in [3.63, 3.8) is 0 Å². The Morgan fingerprint density at radius 1 is 1.29 bits per heavy atom. The van der Waals surface area contributed by atoms with E-state index in [0.717, 1.165) is 42.2 Å². The van der Waals surface area contributed by atoms with Crippen LogP contribution in [-0.4, -0.2) is 25.6 Å². The third kappa shape index (κ3) is 5.91. The summed E-state index contributed by atoms with van der Waals surface area (Å²) >= 11 is 0. The molecule has 1 aromatic carbocycles. The molecule has 2 rings (SSSR count). The molecule has 0 fully saturated rings. The first kappa shape index (κ1) is 17.8. The molecule has 0 aliphatic heterocycles. The number of aryl methyl sites for hydroxylation is 1. The van der Waals surface area contributed by atoms with Crippen molar-refractivity contribution in [2.45, 2.75) is 19.8 Å². The first-order chi connectivity index (χ1) is 11.7. The predicted molar refractivity (Wildman–Crippen MR) is 95.8 cm³/mol. The van der Waals surface area contributed by atoms with Crippen molar-refractivity contribution in [3.05, 3.63) is 72.0 Å². The molecule has 2 N–H and O–H groups in total. The Labute approximate surface area is 142 Å². The number of benzene rings is 1. The molecule has 0 aliphatic carbocycles. The van der Waals surface area contributed by atoms with Gasteiger partial charge in [-0.2, -0.15) is 0 Å². The van der Waals surface area contributed by atoms with Crippen molar-refractivity contribution in [1.29, 1.82) is 0 Å². The number of hydrogen-bond donors (Lipinski definition) is 2. The lowest BCUT2D eigenvalue weighted by molar-refractivity contribution is 0.510. The summed E-state index contributed by atoms with van der Waals surface area (Å²) in [5.41, 5.74) is 2.09. The molecule has 0 saturated heterocycles. The fourth-order valence-corrected chi connectivity index (χ4v) is 2.33. The summed E-state index contributed by atoms with van der Waals surface area (Å²) in [5.74, 6) is 1.46. The molecule has 0 spiro atoms. The molecule has 2 aromatic rings. The Hall–Kier alpha value is -2.56. The van der Waals surface area contributed by atoms with E-state index in [0.29, 0.717) is 13.1 Å². The molecule has 0 unspecified atom stereocenters. The lowest BCUT2D eigenvalue weighted by atomic mass is 10.1. The van der Waals surface area contributed by atoms with E-state index in [4.69, 9.17) is 4.42 Å². The lowest BCUT2D eigenvalue weighted by Crippen LogP contribution is -2.38. The molecule has 0 bridgehead atoms. The second-order valence-electron chi connectivity index (χ2n) is 5.48. The Kier molecular flexibility index (Phi) is 7.08. The van der Waals surface area contributed by atoms with Gasteiger partial charge < -0.3 is 15.1 Å². The fourth-order valence-electron chi connectivity index (χ4n) is 2.33. The quantitative estimate of drug-likeness (QED) is 0.444. The highest BCUT2D eigenvalue weighted by molar-refractivity contribution is 5.79. The van der Waals surface area contributed by atoms with Gasteiger partial charge in [0.05, 0.1) is 6.26 Å². The van der Waals surface area contributed by atoms with Gasteiger partial charge >= 0.3 is 0 Å². The molecule has 0 saturated carbocycles. The largest absolute Gasteiger partial charge is 0.469 e. The van der Waals surface area contributed by atoms with E-state index in [1.54, 1.807) is 18.4 Å². The Morgan fingerprint density at radius 3 is 2.88 bits per heavy atom. The van der Waals surface area contributed by atoms with Gasteiger partial charge in [0.15, 0.2) is 5.96 Å². The lowest BCUT2D eigenvalue weighted by Gasteiger charge is -2.12. The maximum Gasteiger partial charge on any atom is 0.191 e. The second kappa shape index (κ2) is 9.55. The SMILES string of the molecule is C=CCNC(=NCCc1ccco1)NCCc1ccc(F)cc1C. The number of rotatable bonds is 8. The molecule has 1 heterocycles. The van der Waals surface area contributed by atoms with Crippen LogP contribution in [0.25, 0.3) is 0 Å². The van der Waals surface area contributed by atoms with Crippen LogP contribution in [0.2, 0.25) is 0 Å². The Morgan fingerprint density at radius 2 is 2.17 bits per heavy atom. The highest BCUT2D eigenvalue weighted by atomic mass is 19.1. The van der Waals surface area contributed by atoms with Crippen LogP contribution in [0, 0.1) is 12.7 Å². The number of halogens is 1. The van der Waals surface area contributed by atoms with Gasteiger partial charge in [-0.05, 0) is 48.7 Å². The molecule has 24 heavy (non-hydrogen) atoms. The first-order valence-corrected chi connectivity index (χ1v) is 8.09. The van der Waals surface area contributed by atoms with Crippen molar-refractivity contribution in [1.82, 2.24) is 10.6 Å². The highest BCUT2D eigenvalue weighted by Crippen LogP contribution is 2.10. The van der Waals surface area contributed by atoms with Crippen LogP contribution >= 0.6 is 0 Å². The summed E-state index contributed by atoms with van der Waals surface area (Å²) in [6, 6.07) is 8.70. The van der Waals surface area contributed by atoms with Gasteiger partial charge in [0.1, 0.15) is 11.6 Å². The molecular formula is C19H24FN3O. The monoisotopic (exact) mass is 329 g/mol. The summed E-state index contributed by atoms with van der Waals surface area (Å²) < 4.78 is 18.4. The minimum Gasteiger partial charge on any atom is -0.469 e. The zero-order valence-corrected chi connectivity index (χ0v) is 14.0. The standard InChI is InChI=1S/C19H24FN3O/c1-3-10-21-19(23-12-9-18-5-4-13-24-18)22-11-8-16-6-7-17(20)14-15(16)2/h3-7,13-14H,1,8-12H2,2H3,(H2,21,22,23). The minimum absolute atomic E-state index is 0.197. The Bertz CT molecular complexity index is 665. The fraction of sp³-hybridized carbons (Fsp3) is 0.316. The van der Waals surface area contributed by atoms with Gasteiger partial charge in [-0.3, -0.25) is 4.99 Å². The van der Waals surface area contributed by atoms with E-state index in [1.165, 1.54) is 6.07 Å². The van der Waals surface area contributed by atoms with Gasteiger partial charge in [0.2, 0.25) is 0 Å².